The van der Waals surface area contributed by atoms with Gasteiger partial charge in [0, 0.05) is 18.3 Å². The number of H-pyrrole nitrogens is 1. The molecule has 268 valence electrons. The van der Waals surface area contributed by atoms with Gasteiger partial charge in [0.15, 0.2) is 11.9 Å². The standard InChI is InChI=1S/C25H37N6O16P/c1-12(22(36)30-15(8-13-9-27-11-28-13)23(37)29-14(24(38)39)4-2-3-7-26)31-46-18(34)6-5-17(33)44-16(10-32)20-19(35)21(25(40)45-20)47-48(41,42)43/h9,11-12,14-16,20,31-32,35H,2-8,10,26H2,1H3,(H,27,28)(H,29,37)(H,30,36)(H,38,39)(H2,41,42,43). The van der Waals surface area contributed by atoms with E-state index in [9.17, 15) is 48.7 Å². The minimum absolute atomic E-state index is 0.0954. The van der Waals surface area contributed by atoms with Crippen LogP contribution >= 0.6 is 7.82 Å². The van der Waals surface area contributed by atoms with Crippen LogP contribution < -0.4 is 21.8 Å². The van der Waals surface area contributed by atoms with Gasteiger partial charge in [-0.1, -0.05) is 0 Å². The molecule has 0 fully saturated rings. The molecule has 1 aliphatic heterocycles. The lowest BCUT2D eigenvalue weighted by molar-refractivity contribution is -0.167. The molecule has 0 saturated carbocycles. The summed E-state index contributed by atoms with van der Waals surface area (Å²) in [5.74, 6) is -9.02. The Bertz CT molecular complexity index is 1380. The average Bonchev–Trinajstić information content (AvgIpc) is 3.63. The maximum absolute atomic E-state index is 13.0. The van der Waals surface area contributed by atoms with Gasteiger partial charge in [-0.15, -0.1) is 5.48 Å². The number of carbonyl (C=O) groups is 6. The summed E-state index contributed by atoms with van der Waals surface area (Å²) in [6.07, 6.45) is -1.19. The fraction of sp³-hybridized carbons (Fsp3) is 0.560. The van der Waals surface area contributed by atoms with Crippen LogP contribution in [0.3, 0.4) is 0 Å². The minimum atomic E-state index is -5.28. The van der Waals surface area contributed by atoms with Gasteiger partial charge in [-0.2, -0.15) is 0 Å². The van der Waals surface area contributed by atoms with E-state index in [2.05, 4.69) is 35.3 Å². The van der Waals surface area contributed by atoms with Crippen LogP contribution in [0.4, 0.5) is 0 Å². The molecule has 11 N–H and O–H groups in total. The molecule has 0 aromatic carbocycles. The second-order valence-corrected chi connectivity index (χ2v) is 11.3. The van der Waals surface area contributed by atoms with Crippen LogP contribution in [0, 0.1) is 0 Å². The molecule has 2 heterocycles. The molecular weight excluding hydrogens is 671 g/mol. The number of unbranched alkanes of at least 4 members (excludes halogenated alkanes) is 1. The van der Waals surface area contributed by atoms with Crippen molar-refractivity contribution < 1.29 is 77.3 Å². The molecule has 0 bridgehead atoms. The highest BCUT2D eigenvalue weighted by atomic mass is 31.2. The summed E-state index contributed by atoms with van der Waals surface area (Å²) in [5.41, 5.74) is 8.03. The van der Waals surface area contributed by atoms with Crippen molar-refractivity contribution in [2.75, 3.05) is 13.2 Å². The summed E-state index contributed by atoms with van der Waals surface area (Å²) in [6, 6.07) is -3.76. The number of carboxylic acid groups (broad SMARTS) is 1. The zero-order chi connectivity index (χ0) is 36.0. The van der Waals surface area contributed by atoms with E-state index in [1.165, 1.54) is 19.4 Å². The van der Waals surface area contributed by atoms with Gasteiger partial charge in [0.1, 0.15) is 18.1 Å². The summed E-state index contributed by atoms with van der Waals surface area (Å²) < 4.78 is 24.6. The number of cyclic esters (lactones) is 1. The Morgan fingerprint density at radius 3 is 2.35 bits per heavy atom. The summed E-state index contributed by atoms with van der Waals surface area (Å²) in [7, 11) is -5.28. The number of ether oxygens (including phenoxy) is 2. The van der Waals surface area contributed by atoms with Crippen molar-refractivity contribution in [3.05, 3.63) is 29.7 Å². The van der Waals surface area contributed by atoms with Crippen molar-refractivity contribution in [1.82, 2.24) is 26.1 Å². The first-order chi connectivity index (χ1) is 22.6. The predicted octanol–water partition coefficient (Wildman–Crippen LogP) is -2.94. The molecule has 0 aliphatic carbocycles. The summed E-state index contributed by atoms with van der Waals surface area (Å²) >= 11 is 0. The number of aliphatic hydroxyl groups excluding tert-OH is 2. The van der Waals surface area contributed by atoms with E-state index in [4.69, 9.17) is 25.1 Å². The van der Waals surface area contributed by atoms with Gasteiger partial charge in [0.2, 0.25) is 17.9 Å². The highest BCUT2D eigenvalue weighted by molar-refractivity contribution is 7.46. The molecule has 1 aliphatic rings. The van der Waals surface area contributed by atoms with Crippen molar-refractivity contribution in [2.45, 2.75) is 75.8 Å². The number of phosphoric ester groups is 1. The Hall–Kier alpha value is -4.60. The number of imidazole rings is 1. The number of carboxylic acids is 1. The van der Waals surface area contributed by atoms with Crippen molar-refractivity contribution in [1.29, 1.82) is 0 Å². The topological polar surface area (TPSA) is 348 Å². The lowest BCUT2D eigenvalue weighted by atomic mass is 10.1. The number of hydroxylamine groups is 1. The van der Waals surface area contributed by atoms with Crippen molar-refractivity contribution in [3.8, 4) is 0 Å². The molecule has 23 heteroatoms. The van der Waals surface area contributed by atoms with E-state index < -0.39 is 105 Å². The third-order valence-corrected chi connectivity index (χ3v) is 6.80. The highest BCUT2D eigenvalue weighted by Crippen LogP contribution is 2.42. The lowest BCUT2D eigenvalue weighted by Gasteiger charge is -2.23. The second kappa shape index (κ2) is 18.7. The first-order valence-electron chi connectivity index (χ1n) is 14.2. The number of hydrogen-bond donors (Lipinski definition) is 10. The molecule has 1 aromatic rings. The number of aliphatic hydroxyl groups is 2. The number of phosphoric acid groups is 1. The van der Waals surface area contributed by atoms with Crippen LogP contribution in [0.5, 0.6) is 0 Å². The van der Waals surface area contributed by atoms with Crippen LogP contribution in [-0.4, -0.2) is 114 Å². The lowest BCUT2D eigenvalue weighted by Crippen LogP contribution is -2.55. The number of hydrogen-bond acceptors (Lipinski definition) is 16. The Kier molecular flexibility index (Phi) is 15.4. The van der Waals surface area contributed by atoms with Gasteiger partial charge < -0.3 is 55.5 Å². The van der Waals surface area contributed by atoms with Crippen molar-refractivity contribution in [2.24, 2.45) is 5.73 Å². The zero-order valence-electron chi connectivity index (χ0n) is 25.4. The van der Waals surface area contributed by atoms with Crippen molar-refractivity contribution >= 4 is 43.5 Å². The molecule has 2 amide bonds. The number of aromatic nitrogens is 2. The molecule has 5 unspecified atom stereocenters. The van der Waals surface area contributed by atoms with E-state index in [0.717, 1.165) is 0 Å². The van der Waals surface area contributed by atoms with Crippen LogP contribution in [0.2, 0.25) is 0 Å². The monoisotopic (exact) mass is 708 g/mol. The number of rotatable bonds is 21. The molecule has 1 aromatic heterocycles. The smallest absolute Gasteiger partial charge is 0.505 e. The fourth-order valence-corrected chi connectivity index (χ4v) is 4.35. The predicted molar refractivity (Wildman–Crippen MR) is 154 cm³/mol. The number of nitrogens with one attached hydrogen (secondary N) is 4. The van der Waals surface area contributed by atoms with E-state index in [0.29, 0.717) is 25.1 Å². The summed E-state index contributed by atoms with van der Waals surface area (Å²) in [6.45, 7) is 0.585. The van der Waals surface area contributed by atoms with Crippen LogP contribution in [0.25, 0.3) is 0 Å². The van der Waals surface area contributed by atoms with Gasteiger partial charge >= 0.3 is 31.7 Å². The third-order valence-electron chi connectivity index (χ3n) is 6.38. The number of esters is 2. The Balaban J connectivity index is 1.90. The maximum atomic E-state index is 13.0. The second-order valence-electron chi connectivity index (χ2n) is 10.2. The Morgan fingerprint density at radius 1 is 1.10 bits per heavy atom. The molecular formula is C25H37N6O16P. The highest BCUT2D eigenvalue weighted by Gasteiger charge is 2.45. The zero-order valence-corrected chi connectivity index (χ0v) is 26.3. The number of carbonyl (C=O) groups excluding carboxylic acids is 5. The van der Waals surface area contributed by atoms with Crippen LogP contribution in [-0.2, 0) is 58.6 Å². The van der Waals surface area contributed by atoms with E-state index in [-0.39, 0.29) is 12.8 Å². The first-order valence-corrected chi connectivity index (χ1v) is 15.7. The molecule has 0 spiro atoms. The van der Waals surface area contributed by atoms with E-state index >= 15 is 0 Å². The molecule has 22 nitrogen and oxygen atoms in total. The van der Waals surface area contributed by atoms with Gasteiger partial charge in [0.05, 0.1) is 25.8 Å². The van der Waals surface area contributed by atoms with Crippen LogP contribution in [0.15, 0.2) is 24.0 Å². The molecule has 48 heavy (non-hydrogen) atoms. The van der Waals surface area contributed by atoms with Crippen LogP contribution in [0.1, 0.15) is 44.7 Å². The van der Waals surface area contributed by atoms with Crippen molar-refractivity contribution in [3.63, 3.8) is 0 Å². The number of nitrogens with two attached hydrogens (primary N) is 1. The first kappa shape index (κ1) is 39.6. The molecule has 0 radical (unpaired) electrons. The number of aromatic amines is 1. The van der Waals surface area contributed by atoms with Gasteiger partial charge in [-0.25, -0.2) is 19.1 Å². The largest absolute Gasteiger partial charge is 0.525 e. The minimum Gasteiger partial charge on any atom is -0.505 e. The van der Waals surface area contributed by atoms with Gasteiger partial charge in [-0.05, 0) is 32.7 Å². The fourth-order valence-electron chi connectivity index (χ4n) is 3.94. The third kappa shape index (κ3) is 12.9. The maximum Gasteiger partial charge on any atom is 0.525 e. The molecule has 5 atom stereocenters. The quantitative estimate of drug-likeness (QED) is 0.0201. The van der Waals surface area contributed by atoms with E-state index in [1.54, 1.807) is 0 Å². The molecule has 0 saturated heterocycles. The number of amides is 2. The summed E-state index contributed by atoms with van der Waals surface area (Å²) in [5, 5.41) is 33.9. The SMILES string of the molecule is CC(NOC(=O)CCC(=O)OC(CO)C1OC(=O)C(OP(=O)(O)O)=C1O)C(=O)NC(Cc1cnc[nH]1)C(=O)NC(CCCCN)C(=O)O. The normalized spacial score (nSPS) is 17.0. The van der Waals surface area contributed by atoms with Gasteiger partial charge in [0.25, 0.3) is 5.76 Å². The average molecular weight is 709 g/mol. The number of aliphatic carboxylic acids is 1. The van der Waals surface area contributed by atoms with Gasteiger partial charge in [-0.3, -0.25) is 29.0 Å². The number of nitrogens with zero attached hydrogens (tertiary/aromatic N) is 1. The summed E-state index contributed by atoms with van der Waals surface area (Å²) in [4.78, 5) is 103. The Morgan fingerprint density at radius 2 is 1.77 bits per heavy atom. The van der Waals surface area contributed by atoms with E-state index in [1.807, 2.05) is 0 Å². The Labute approximate surface area is 271 Å². The molecule has 2 rings (SSSR count).